The predicted octanol–water partition coefficient (Wildman–Crippen LogP) is 5.72. The highest BCUT2D eigenvalue weighted by Gasteiger charge is 2.10. The first kappa shape index (κ1) is 21.1. The second-order valence-corrected chi connectivity index (χ2v) is 8.12. The van der Waals surface area contributed by atoms with Crippen molar-refractivity contribution >= 4 is 11.3 Å². The fraction of sp³-hybridized carbons (Fsp3) is 0.500. The molecule has 6 heteroatoms. The van der Waals surface area contributed by atoms with E-state index in [1.165, 1.54) is 55.7 Å². The zero-order chi connectivity index (χ0) is 19.6. The first-order valence-electron chi connectivity index (χ1n) is 10.0. The van der Waals surface area contributed by atoms with E-state index < -0.39 is 11.6 Å². The highest BCUT2D eigenvalue weighted by molar-refractivity contribution is 7.13. The normalized spacial score (nSPS) is 17.9. The monoisotopic (exact) mass is 406 g/mol. The molecule has 28 heavy (non-hydrogen) atoms. The average molecular weight is 407 g/mol. The number of halogens is 2. The van der Waals surface area contributed by atoms with E-state index in [9.17, 15) is 8.78 Å². The number of allylic oxidation sites excluding steroid dienone is 1. The molecule has 1 N–H and O–H groups in total. The van der Waals surface area contributed by atoms with Gasteiger partial charge in [0.15, 0.2) is 0 Å². The molecule has 1 aliphatic heterocycles. The zero-order valence-corrected chi connectivity index (χ0v) is 16.9. The van der Waals surface area contributed by atoms with Gasteiger partial charge in [-0.2, -0.15) is 0 Å². The summed E-state index contributed by atoms with van der Waals surface area (Å²) in [6, 6.07) is 3.45. The van der Waals surface area contributed by atoms with E-state index in [2.05, 4.69) is 22.5 Å². The van der Waals surface area contributed by atoms with Crippen LogP contribution in [0.4, 0.5) is 8.78 Å². The molecule has 0 radical (unpaired) electrons. The van der Waals surface area contributed by atoms with E-state index in [0.29, 0.717) is 23.8 Å². The van der Waals surface area contributed by atoms with Gasteiger partial charge in [-0.15, -0.1) is 11.3 Å². The molecule has 1 aliphatic rings. The molecule has 1 fully saturated rings. The van der Waals surface area contributed by atoms with Crippen LogP contribution in [0.2, 0.25) is 0 Å². The Bertz CT molecular complexity index is 734. The Balaban J connectivity index is 1.32. The van der Waals surface area contributed by atoms with Gasteiger partial charge in [-0.3, -0.25) is 0 Å². The van der Waals surface area contributed by atoms with E-state index in [-0.39, 0.29) is 0 Å². The van der Waals surface area contributed by atoms with Gasteiger partial charge in [-0.25, -0.2) is 13.8 Å². The van der Waals surface area contributed by atoms with Crippen molar-refractivity contribution < 1.29 is 13.5 Å². The summed E-state index contributed by atoms with van der Waals surface area (Å²) in [5.41, 5.74) is 1.25. The number of ether oxygens (including phenoxy) is 1. The van der Waals surface area contributed by atoms with Gasteiger partial charge in [0.25, 0.3) is 0 Å². The number of nitrogens with zero attached hydrogens (tertiary/aromatic N) is 1. The van der Waals surface area contributed by atoms with Gasteiger partial charge >= 0.3 is 0 Å². The van der Waals surface area contributed by atoms with Gasteiger partial charge in [0, 0.05) is 17.0 Å². The average Bonchev–Trinajstić information content (AvgIpc) is 2.99. The lowest BCUT2D eigenvalue weighted by Gasteiger charge is -2.12. The van der Waals surface area contributed by atoms with E-state index in [1.807, 2.05) is 5.38 Å². The van der Waals surface area contributed by atoms with Crippen molar-refractivity contribution in [1.29, 1.82) is 0 Å². The smallest absolute Gasteiger partial charge is 0.126 e. The molecule has 0 amide bonds. The number of hydrogen-bond donors (Lipinski definition) is 1. The van der Waals surface area contributed by atoms with Gasteiger partial charge in [0.1, 0.15) is 16.6 Å². The topological polar surface area (TPSA) is 34.1 Å². The Morgan fingerprint density at radius 3 is 2.82 bits per heavy atom. The Kier molecular flexibility index (Phi) is 8.58. The summed E-state index contributed by atoms with van der Waals surface area (Å²) in [6.45, 7) is 3.39. The van der Waals surface area contributed by atoms with Crippen molar-refractivity contribution in [2.24, 2.45) is 5.92 Å². The maximum absolute atomic E-state index is 13.3. The van der Waals surface area contributed by atoms with E-state index in [0.717, 1.165) is 37.1 Å². The number of hydrogen-bond acceptors (Lipinski definition) is 4. The summed E-state index contributed by atoms with van der Waals surface area (Å²) in [7, 11) is 0. The summed E-state index contributed by atoms with van der Waals surface area (Å²) >= 11 is 1.37. The number of nitrogens with one attached hydrogen (secondary N) is 1. The largest absolute Gasteiger partial charge is 0.375 e. The minimum Gasteiger partial charge on any atom is -0.375 e. The van der Waals surface area contributed by atoms with Crippen molar-refractivity contribution in [3.63, 3.8) is 0 Å². The molecule has 2 aromatic rings. The molecule has 0 aliphatic carbocycles. The van der Waals surface area contributed by atoms with E-state index >= 15 is 0 Å². The second kappa shape index (κ2) is 11.4. The summed E-state index contributed by atoms with van der Waals surface area (Å²) < 4.78 is 32.3. The Morgan fingerprint density at radius 1 is 1.14 bits per heavy atom. The van der Waals surface area contributed by atoms with Crippen LogP contribution in [0.15, 0.2) is 35.7 Å². The molecule has 0 spiro atoms. The van der Waals surface area contributed by atoms with Crippen LogP contribution in [-0.4, -0.2) is 24.7 Å². The molecule has 1 aromatic heterocycles. The van der Waals surface area contributed by atoms with Crippen LogP contribution in [0.25, 0.3) is 10.6 Å². The Labute approximate surface area is 169 Å². The van der Waals surface area contributed by atoms with Crippen LogP contribution in [0.3, 0.4) is 0 Å². The van der Waals surface area contributed by atoms with Gasteiger partial charge in [0.05, 0.1) is 18.9 Å². The highest BCUT2D eigenvalue weighted by Crippen LogP contribution is 2.25. The molecular weight excluding hydrogens is 378 g/mol. The first-order chi connectivity index (χ1) is 13.7. The van der Waals surface area contributed by atoms with Gasteiger partial charge < -0.3 is 10.1 Å². The van der Waals surface area contributed by atoms with E-state index in [4.69, 9.17) is 4.74 Å². The molecule has 0 bridgehead atoms. The Hall–Kier alpha value is -1.63. The van der Waals surface area contributed by atoms with Gasteiger partial charge in [-0.1, -0.05) is 18.6 Å². The molecule has 0 saturated carbocycles. The van der Waals surface area contributed by atoms with Crippen molar-refractivity contribution in [3.05, 3.63) is 53.1 Å². The third-order valence-electron chi connectivity index (χ3n) is 4.90. The summed E-state index contributed by atoms with van der Waals surface area (Å²) in [5, 5.41) is 5.98. The van der Waals surface area contributed by atoms with Crippen LogP contribution < -0.4 is 5.32 Å². The SMILES string of the molecule is Fc1cc(F)cc(-c2nc(COCC/C=C/CCC3CCCCNC3)cs2)c1. The number of benzene rings is 1. The zero-order valence-electron chi connectivity index (χ0n) is 16.1. The standard InChI is InChI=1S/C22H28F2N2OS/c23-19-11-18(12-20(24)13-19)22-26-21(16-28-22)15-27-10-6-2-1-3-7-17-8-4-5-9-25-14-17/h1-2,11-13,16-17,25H,3-10,14-15H2/b2-1+. The lowest BCUT2D eigenvalue weighted by Crippen LogP contribution is -2.20. The number of rotatable bonds is 9. The lowest BCUT2D eigenvalue weighted by molar-refractivity contribution is 0.123. The van der Waals surface area contributed by atoms with Crippen molar-refractivity contribution in [1.82, 2.24) is 10.3 Å². The van der Waals surface area contributed by atoms with Crippen molar-refractivity contribution in [3.8, 4) is 10.6 Å². The first-order valence-corrected chi connectivity index (χ1v) is 10.9. The maximum atomic E-state index is 13.3. The predicted molar refractivity (Wildman–Crippen MR) is 110 cm³/mol. The molecule has 1 saturated heterocycles. The molecule has 2 heterocycles. The minimum atomic E-state index is -0.593. The van der Waals surface area contributed by atoms with Crippen LogP contribution in [0, 0.1) is 17.6 Å². The molecule has 1 unspecified atom stereocenters. The summed E-state index contributed by atoms with van der Waals surface area (Å²) in [5.74, 6) is -0.371. The van der Waals surface area contributed by atoms with Crippen LogP contribution in [0.5, 0.6) is 0 Å². The lowest BCUT2D eigenvalue weighted by atomic mass is 9.98. The third kappa shape index (κ3) is 7.08. The van der Waals surface area contributed by atoms with Crippen molar-refractivity contribution in [2.45, 2.75) is 45.1 Å². The molecule has 1 aromatic carbocycles. The summed E-state index contributed by atoms with van der Waals surface area (Å²) in [4.78, 5) is 4.41. The van der Waals surface area contributed by atoms with E-state index in [1.54, 1.807) is 0 Å². The number of aromatic nitrogens is 1. The van der Waals surface area contributed by atoms with Gasteiger partial charge in [0.2, 0.25) is 0 Å². The maximum Gasteiger partial charge on any atom is 0.126 e. The molecule has 3 nitrogen and oxygen atoms in total. The fourth-order valence-electron chi connectivity index (χ4n) is 3.42. The molecule has 152 valence electrons. The minimum absolute atomic E-state index is 0.413. The quantitative estimate of drug-likeness (QED) is 0.427. The third-order valence-corrected chi connectivity index (χ3v) is 5.84. The van der Waals surface area contributed by atoms with Crippen LogP contribution in [-0.2, 0) is 11.3 Å². The molecular formula is C22H28F2N2OS. The fourth-order valence-corrected chi connectivity index (χ4v) is 4.21. The number of thiazole rings is 1. The molecule has 1 atom stereocenters. The highest BCUT2D eigenvalue weighted by atomic mass is 32.1. The Morgan fingerprint density at radius 2 is 1.96 bits per heavy atom. The van der Waals surface area contributed by atoms with Crippen molar-refractivity contribution in [2.75, 3.05) is 19.7 Å². The molecule has 3 rings (SSSR count). The van der Waals surface area contributed by atoms with Crippen LogP contribution >= 0.6 is 11.3 Å². The van der Waals surface area contributed by atoms with Crippen LogP contribution in [0.1, 0.15) is 44.2 Å². The summed E-state index contributed by atoms with van der Waals surface area (Å²) in [6.07, 6.45) is 11.7. The van der Waals surface area contributed by atoms with Gasteiger partial charge in [-0.05, 0) is 63.2 Å². The second-order valence-electron chi connectivity index (χ2n) is 7.26.